The summed E-state index contributed by atoms with van der Waals surface area (Å²) in [6.07, 6.45) is 1.51. The van der Waals surface area contributed by atoms with E-state index >= 15 is 0 Å². The molecular weight excluding hydrogens is 427 g/mol. The summed E-state index contributed by atoms with van der Waals surface area (Å²) in [5.41, 5.74) is 1.03. The molecule has 0 unspecified atom stereocenters. The van der Waals surface area contributed by atoms with E-state index in [1.807, 2.05) is 29.5 Å². The van der Waals surface area contributed by atoms with E-state index in [0.29, 0.717) is 26.5 Å². The first-order valence-electron chi connectivity index (χ1n) is 6.15. The molecule has 21 heavy (non-hydrogen) atoms. The summed E-state index contributed by atoms with van der Waals surface area (Å²) >= 11 is 7.87. The minimum absolute atomic E-state index is 0.124. The molecule has 1 aromatic heterocycles. The minimum atomic E-state index is -3.70. The van der Waals surface area contributed by atoms with Crippen molar-refractivity contribution in [2.24, 2.45) is 0 Å². The SMILES string of the molecule is CCn1cc(S(=O)(=O)Nc2ccc(Cl)cc2I)cc1CO. The first-order chi connectivity index (χ1) is 9.87. The van der Waals surface area contributed by atoms with Gasteiger partial charge in [0.05, 0.1) is 12.3 Å². The van der Waals surface area contributed by atoms with Crippen molar-refractivity contribution in [1.82, 2.24) is 4.57 Å². The largest absolute Gasteiger partial charge is 0.390 e. The maximum absolute atomic E-state index is 12.4. The van der Waals surface area contributed by atoms with Gasteiger partial charge < -0.3 is 9.67 Å². The third kappa shape index (κ3) is 3.71. The van der Waals surface area contributed by atoms with Crippen LogP contribution in [-0.4, -0.2) is 18.1 Å². The third-order valence-electron chi connectivity index (χ3n) is 2.95. The van der Waals surface area contributed by atoms with Crippen molar-refractivity contribution in [2.75, 3.05) is 4.72 Å². The highest BCUT2D eigenvalue weighted by Gasteiger charge is 2.19. The molecule has 8 heteroatoms. The summed E-state index contributed by atoms with van der Waals surface area (Å²) in [6, 6.07) is 6.38. The van der Waals surface area contributed by atoms with Crippen molar-refractivity contribution in [2.45, 2.75) is 25.0 Å². The second-order valence-electron chi connectivity index (χ2n) is 4.34. The summed E-state index contributed by atoms with van der Waals surface area (Å²) in [6.45, 7) is 2.26. The Morgan fingerprint density at radius 2 is 2.10 bits per heavy atom. The smallest absolute Gasteiger partial charge is 0.263 e. The van der Waals surface area contributed by atoms with Gasteiger partial charge in [-0.05, 0) is 53.8 Å². The fraction of sp³-hybridized carbons (Fsp3) is 0.231. The Balaban J connectivity index is 2.36. The van der Waals surface area contributed by atoms with Crippen LogP contribution in [0.2, 0.25) is 5.02 Å². The van der Waals surface area contributed by atoms with Gasteiger partial charge >= 0.3 is 0 Å². The summed E-state index contributed by atoms with van der Waals surface area (Å²) in [5, 5.41) is 9.78. The summed E-state index contributed by atoms with van der Waals surface area (Å²) in [4.78, 5) is 0.124. The fourth-order valence-corrected chi connectivity index (χ4v) is 4.21. The topological polar surface area (TPSA) is 71.3 Å². The molecule has 0 aliphatic heterocycles. The van der Waals surface area contributed by atoms with Gasteiger partial charge in [0.25, 0.3) is 10.0 Å². The van der Waals surface area contributed by atoms with Crippen LogP contribution < -0.4 is 4.72 Å². The molecule has 1 aromatic carbocycles. The molecular formula is C13H14ClIN2O3S. The summed E-state index contributed by atoms with van der Waals surface area (Å²) in [5.74, 6) is 0. The number of aliphatic hydroxyl groups is 1. The summed E-state index contributed by atoms with van der Waals surface area (Å²) in [7, 11) is -3.70. The molecule has 0 saturated carbocycles. The van der Waals surface area contributed by atoms with Gasteiger partial charge in [-0.15, -0.1) is 0 Å². The highest BCUT2D eigenvalue weighted by molar-refractivity contribution is 14.1. The number of halogens is 2. The number of benzene rings is 1. The molecule has 1 heterocycles. The van der Waals surface area contributed by atoms with Gasteiger partial charge in [-0.1, -0.05) is 11.6 Å². The van der Waals surface area contributed by atoms with Gasteiger partial charge in [-0.3, -0.25) is 4.72 Å². The van der Waals surface area contributed by atoms with Crippen LogP contribution in [0.1, 0.15) is 12.6 Å². The third-order valence-corrected chi connectivity index (χ3v) is 5.41. The van der Waals surface area contributed by atoms with Crippen molar-refractivity contribution in [1.29, 1.82) is 0 Å². The Bertz CT molecular complexity index is 737. The first-order valence-corrected chi connectivity index (χ1v) is 9.09. The number of rotatable bonds is 5. The molecule has 2 N–H and O–H groups in total. The predicted molar refractivity (Wildman–Crippen MR) is 91.0 cm³/mol. The van der Waals surface area contributed by atoms with E-state index < -0.39 is 10.0 Å². The molecule has 2 aromatic rings. The Kier molecular flexibility index (Phi) is 5.18. The number of anilines is 1. The van der Waals surface area contributed by atoms with Crippen molar-refractivity contribution >= 4 is 49.9 Å². The van der Waals surface area contributed by atoms with E-state index in [1.54, 1.807) is 22.8 Å². The zero-order valence-corrected chi connectivity index (χ0v) is 14.9. The molecule has 114 valence electrons. The molecule has 0 amide bonds. The standard InChI is InChI=1S/C13H14ClIN2O3S/c1-2-17-7-11(6-10(17)8-18)21(19,20)16-13-4-3-9(14)5-12(13)15/h3-7,16,18H,2,8H2,1H3. The van der Waals surface area contributed by atoms with Crippen LogP contribution in [0.4, 0.5) is 5.69 Å². The van der Waals surface area contributed by atoms with Crippen LogP contribution in [-0.2, 0) is 23.2 Å². The van der Waals surface area contributed by atoms with Gasteiger partial charge in [0.15, 0.2) is 0 Å². The molecule has 5 nitrogen and oxygen atoms in total. The molecule has 0 fully saturated rings. The average Bonchev–Trinajstić information content (AvgIpc) is 2.86. The number of hydrogen-bond donors (Lipinski definition) is 2. The van der Waals surface area contributed by atoms with Gasteiger partial charge in [0.1, 0.15) is 4.90 Å². The van der Waals surface area contributed by atoms with Crippen LogP contribution in [0.15, 0.2) is 35.4 Å². The number of sulfonamides is 1. The van der Waals surface area contributed by atoms with Gasteiger partial charge in [0.2, 0.25) is 0 Å². The molecule has 0 atom stereocenters. The molecule has 0 saturated heterocycles. The maximum atomic E-state index is 12.4. The number of aryl methyl sites for hydroxylation is 1. The zero-order chi connectivity index (χ0) is 15.6. The van der Waals surface area contributed by atoms with E-state index in [4.69, 9.17) is 11.6 Å². The second-order valence-corrected chi connectivity index (χ2v) is 7.62. The summed E-state index contributed by atoms with van der Waals surface area (Å²) < 4.78 is 29.7. The minimum Gasteiger partial charge on any atom is -0.390 e. The molecule has 0 radical (unpaired) electrons. The van der Waals surface area contributed by atoms with E-state index in [0.717, 1.165) is 0 Å². The second kappa shape index (κ2) is 6.55. The number of nitrogens with one attached hydrogen (secondary N) is 1. The van der Waals surface area contributed by atoms with Crippen LogP contribution in [0.25, 0.3) is 0 Å². The lowest BCUT2D eigenvalue weighted by Crippen LogP contribution is -2.13. The Hall–Kier alpha value is -0.770. The van der Waals surface area contributed by atoms with Crippen LogP contribution in [0.5, 0.6) is 0 Å². The monoisotopic (exact) mass is 440 g/mol. The van der Waals surface area contributed by atoms with Crippen LogP contribution in [0, 0.1) is 3.57 Å². The number of nitrogens with zero attached hydrogens (tertiary/aromatic N) is 1. The molecule has 2 rings (SSSR count). The molecule has 0 bridgehead atoms. The van der Waals surface area contributed by atoms with E-state index in [9.17, 15) is 13.5 Å². The lowest BCUT2D eigenvalue weighted by molar-refractivity contribution is 0.271. The average molecular weight is 441 g/mol. The maximum Gasteiger partial charge on any atom is 0.263 e. The van der Waals surface area contributed by atoms with Crippen molar-refractivity contribution in [3.63, 3.8) is 0 Å². The normalized spacial score (nSPS) is 11.6. The van der Waals surface area contributed by atoms with Crippen LogP contribution in [0.3, 0.4) is 0 Å². The van der Waals surface area contributed by atoms with E-state index in [1.165, 1.54) is 12.3 Å². The van der Waals surface area contributed by atoms with Gasteiger partial charge in [-0.25, -0.2) is 8.42 Å². The lowest BCUT2D eigenvalue weighted by Gasteiger charge is -2.08. The van der Waals surface area contributed by atoms with Crippen molar-refractivity contribution in [3.8, 4) is 0 Å². The fourth-order valence-electron chi connectivity index (χ4n) is 1.87. The van der Waals surface area contributed by atoms with Gasteiger partial charge in [0, 0.05) is 27.0 Å². The first kappa shape index (κ1) is 16.6. The van der Waals surface area contributed by atoms with Crippen molar-refractivity contribution in [3.05, 3.63) is 44.7 Å². The lowest BCUT2D eigenvalue weighted by atomic mass is 10.3. The zero-order valence-electron chi connectivity index (χ0n) is 11.2. The Morgan fingerprint density at radius 1 is 1.38 bits per heavy atom. The van der Waals surface area contributed by atoms with E-state index in [-0.39, 0.29) is 11.5 Å². The van der Waals surface area contributed by atoms with Crippen LogP contribution >= 0.6 is 34.2 Å². The molecule has 0 aliphatic rings. The van der Waals surface area contributed by atoms with Crippen molar-refractivity contribution < 1.29 is 13.5 Å². The molecule has 0 aliphatic carbocycles. The van der Waals surface area contributed by atoms with Gasteiger partial charge in [-0.2, -0.15) is 0 Å². The quantitative estimate of drug-likeness (QED) is 0.702. The highest BCUT2D eigenvalue weighted by atomic mass is 127. The Labute approximate surface area is 142 Å². The highest BCUT2D eigenvalue weighted by Crippen LogP contribution is 2.25. The predicted octanol–water partition coefficient (Wildman–Crippen LogP) is 3.06. The molecule has 0 spiro atoms. The van der Waals surface area contributed by atoms with E-state index in [2.05, 4.69) is 4.72 Å². The number of aromatic nitrogens is 1. The number of aliphatic hydroxyl groups excluding tert-OH is 1. The number of hydrogen-bond acceptors (Lipinski definition) is 3. The Morgan fingerprint density at radius 3 is 2.62 bits per heavy atom.